The van der Waals surface area contributed by atoms with E-state index < -0.39 is 0 Å². The van der Waals surface area contributed by atoms with Gasteiger partial charge in [-0.25, -0.2) is 0 Å². The zero-order valence-electron chi connectivity index (χ0n) is 16.2. The molecule has 2 N–H and O–H groups in total. The van der Waals surface area contributed by atoms with E-state index in [-0.39, 0.29) is 0 Å². The molecule has 1 saturated heterocycles. The molecule has 25 heavy (non-hydrogen) atoms. The zero-order chi connectivity index (χ0) is 18.1. The normalized spacial score (nSPS) is 19.1. The average molecular weight is 347 g/mol. The van der Waals surface area contributed by atoms with Gasteiger partial charge in [-0.1, -0.05) is 18.2 Å². The number of rotatable bonds is 7. The second-order valence-electron chi connectivity index (χ2n) is 6.94. The van der Waals surface area contributed by atoms with Crippen molar-refractivity contribution in [2.45, 2.75) is 46.2 Å². The molecule has 1 aliphatic rings. The second-order valence-corrected chi connectivity index (χ2v) is 6.94. The van der Waals surface area contributed by atoms with Gasteiger partial charge in [0.15, 0.2) is 5.96 Å². The van der Waals surface area contributed by atoms with Crippen LogP contribution in [-0.4, -0.2) is 50.2 Å². The molecular weight excluding hydrogens is 312 g/mol. The maximum Gasteiger partial charge on any atom is 0.191 e. The summed E-state index contributed by atoms with van der Waals surface area (Å²) in [6.45, 7) is 11.3. The summed E-state index contributed by atoms with van der Waals surface area (Å²) in [5.41, 5.74) is 1.15. The summed E-state index contributed by atoms with van der Waals surface area (Å²) < 4.78 is 5.69. The van der Waals surface area contributed by atoms with Crippen LogP contribution in [0.1, 0.15) is 39.2 Å². The van der Waals surface area contributed by atoms with E-state index in [0.717, 1.165) is 23.8 Å². The highest BCUT2D eigenvalue weighted by Gasteiger charge is 2.21. The molecule has 0 radical (unpaired) electrons. The molecule has 5 heteroatoms. The van der Waals surface area contributed by atoms with Gasteiger partial charge in [0.2, 0.25) is 0 Å². The molecule has 1 fully saturated rings. The fourth-order valence-corrected chi connectivity index (χ4v) is 3.32. The molecule has 0 spiro atoms. The minimum absolute atomic E-state index is 0.635. The van der Waals surface area contributed by atoms with Crippen molar-refractivity contribution >= 4 is 5.96 Å². The van der Waals surface area contributed by atoms with Crippen LogP contribution in [0, 0.1) is 5.92 Å². The minimum Gasteiger partial charge on any atom is -0.494 e. The molecular formula is C20H34N4O. The largest absolute Gasteiger partial charge is 0.494 e. The number of hydrogen-bond donors (Lipinski definition) is 2. The van der Waals surface area contributed by atoms with Gasteiger partial charge in [0.05, 0.1) is 6.61 Å². The lowest BCUT2D eigenvalue weighted by atomic mass is 9.97. The highest BCUT2D eigenvalue weighted by molar-refractivity contribution is 5.79. The predicted molar refractivity (Wildman–Crippen MR) is 105 cm³/mol. The topological polar surface area (TPSA) is 48.9 Å². The molecule has 140 valence electrons. The van der Waals surface area contributed by atoms with Crippen LogP contribution >= 0.6 is 0 Å². The van der Waals surface area contributed by atoms with Gasteiger partial charge >= 0.3 is 0 Å². The van der Waals surface area contributed by atoms with Crippen LogP contribution in [0.4, 0.5) is 0 Å². The van der Waals surface area contributed by atoms with Crippen molar-refractivity contribution in [2.24, 2.45) is 10.9 Å². The quantitative estimate of drug-likeness (QED) is 0.589. The summed E-state index contributed by atoms with van der Waals surface area (Å²) in [7, 11) is 1.82. The first kappa shape index (κ1) is 19.6. The summed E-state index contributed by atoms with van der Waals surface area (Å²) in [6, 6.07) is 8.78. The van der Waals surface area contributed by atoms with E-state index in [1.165, 1.54) is 25.9 Å². The number of ether oxygens (including phenoxy) is 1. The maximum atomic E-state index is 5.69. The first-order chi connectivity index (χ1) is 12.1. The molecule has 1 unspecified atom stereocenters. The molecule has 0 bridgehead atoms. The summed E-state index contributed by atoms with van der Waals surface area (Å²) in [4.78, 5) is 6.93. The minimum atomic E-state index is 0.635. The smallest absolute Gasteiger partial charge is 0.191 e. The van der Waals surface area contributed by atoms with Gasteiger partial charge in [-0.15, -0.1) is 0 Å². The Kier molecular flexibility index (Phi) is 8.06. The number of nitrogens with zero attached hydrogens (tertiary/aromatic N) is 2. The monoisotopic (exact) mass is 346 g/mol. The molecule has 1 aliphatic heterocycles. The number of likely N-dealkylation sites (tertiary alicyclic amines) is 1. The Balaban J connectivity index is 1.81. The number of piperidine rings is 1. The van der Waals surface area contributed by atoms with E-state index in [9.17, 15) is 0 Å². The molecule has 1 aromatic rings. The summed E-state index contributed by atoms with van der Waals surface area (Å²) >= 11 is 0. The van der Waals surface area contributed by atoms with Crippen molar-refractivity contribution in [3.63, 3.8) is 0 Å². The molecule has 5 nitrogen and oxygen atoms in total. The molecule has 0 aromatic heterocycles. The van der Waals surface area contributed by atoms with E-state index >= 15 is 0 Å². The Labute approximate surface area is 152 Å². The van der Waals surface area contributed by atoms with Gasteiger partial charge in [0, 0.05) is 38.3 Å². The number of para-hydroxylation sites is 1. The van der Waals surface area contributed by atoms with Gasteiger partial charge in [-0.2, -0.15) is 0 Å². The van der Waals surface area contributed by atoms with E-state index in [1.807, 2.05) is 32.2 Å². The molecule has 2 rings (SSSR count). The van der Waals surface area contributed by atoms with Crippen LogP contribution in [-0.2, 0) is 6.54 Å². The van der Waals surface area contributed by atoms with Crippen LogP contribution in [0.3, 0.4) is 0 Å². The highest BCUT2D eigenvalue weighted by atomic mass is 16.5. The fraction of sp³-hybridized carbons (Fsp3) is 0.650. The third-order valence-corrected chi connectivity index (χ3v) is 4.78. The van der Waals surface area contributed by atoms with Gasteiger partial charge in [-0.3, -0.25) is 4.99 Å². The average Bonchev–Trinajstić information content (AvgIpc) is 2.63. The highest BCUT2D eigenvalue weighted by Crippen LogP contribution is 2.18. The lowest BCUT2D eigenvalue weighted by Crippen LogP contribution is -2.46. The Morgan fingerprint density at radius 2 is 2.12 bits per heavy atom. The Morgan fingerprint density at radius 1 is 1.32 bits per heavy atom. The van der Waals surface area contributed by atoms with Gasteiger partial charge < -0.3 is 20.3 Å². The maximum absolute atomic E-state index is 5.69. The Morgan fingerprint density at radius 3 is 2.84 bits per heavy atom. The lowest BCUT2D eigenvalue weighted by Gasteiger charge is -2.35. The van der Waals surface area contributed by atoms with Crippen LogP contribution in [0.25, 0.3) is 0 Å². The first-order valence-electron chi connectivity index (χ1n) is 9.53. The number of aliphatic imine (C=N–C) groups is 1. The molecule has 1 heterocycles. The van der Waals surface area contributed by atoms with Crippen LogP contribution in [0.15, 0.2) is 29.3 Å². The summed E-state index contributed by atoms with van der Waals surface area (Å²) in [6.07, 6.45) is 2.58. The van der Waals surface area contributed by atoms with E-state index in [4.69, 9.17) is 4.74 Å². The standard InChI is InChI=1S/C20H34N4O/c1-5-25-19-11-7-6-10-18(19)14-23-20(21-4)22-13-17-9-8-12-24(15-17)16(2)3/h6-7,10-11,16-17H,5,8-9,12-15H2,1-4H3,(H2,21,22,23). The van der Waals surface area contributed by atoms with Crippen molar-refractivity contribution in [1.82, 2.24) is 15.5 Å². The number of hydrogen-bond acceptors (Lipinski definition) is 3. The number of benzene rings is 1. The number of nitrogens with one attached hydrogen (secondary N) is 2. The zero-order valence-corrected chi connectivity index (χ0v) is 16.2. The van der Waals surface area contributed by atoms with Crippen LogP contribution in [0.2, 0.25) is 0 Å². The van der Waals surface area contributed by atoms with Crippen molar-refractivity contribution in [2.75, 3.05) is 33.3 Å². The third kappa shape index (κ3) is 6.24. The predicted octanol–water partition coefficient (Wildman–Crippen LogP) is 2.87. The van der Waals surface area contributed by atoms with Crippen molar-refractivity contribution in [1.29, 1.82) is 0 Å². The fourth-order valence-electron chi connectivity index (χ4n) is 3.32. The molecule has 1 aromatic carbocycles. The van der Waals surface area contributed by atoms with E-state index in [0.29, 0.717) is 25.1 Å². The van der Waals surface area contributed by atoms with E-state index in [1.54, 1.807) is 0 Å². The second kappa shape index (κ2) is 10.3. The van der Waals surface area contributed by atoms with Gasteiger partial charge in [0.1, 0.15) is 5.75 Å². The molecule has 1 atom stereocenters. The molecule has 0 aliphatic carbocycles. The third-order valence-electron chi connectivity index (χ3n) is 4.78. The number of guanidine groups is 1. The van der Waals surface area contributed by atoms with E-state index in [2.05, 4.69) is 40.4 Å². The SMILES string of the molecule is CCOc1ccccc1CNC(=NC)NCC1CCCN(C(C)C)C1. The summed E-state index contributed by atoms with van der Waals surface area (Å²) in [5, 5.41) is 6.90. The molecule has 0 amide bonds. The van der Waals surface area contributed by atoms with Crippen molar-refractivity contribution in [3.05, 3.63) is 29.8 Å². The molecule has 0 saturated carbocycles. The Bertz CT molecular complexity index is 544. The van der Waals surface area contributed by atoms with Gasteiger partial charge in [0.25, 0.3) is 0 Å². The van der Waals surface area contributed by atoms with Crippen molar-refractivity contribution in [3.8, 4) is 5.75 Å². The lowest BCUT2D eigenvalue weighted by molar-refractivity contribution is 0.141. The van der Waals surface area contributed by atoms with Crippen LogP contribution < -0.4 is 15.4 Å². The van der Waals surface area contributed by atoms with Gasteiger partial charge in [-0.05, 0) is 52.1 Å². The summed E-state index contributed by atoms with van der Waals surface area (Å²) in [5.74, 6) is 2.48. The Hall–Kier alpha value is -1.75. The van der Waals surface area contributed by atoms with Crippen molar-refractivity contribution < 1.29 is 4.74 Å². The first-order valence-corrected chi connectivity index (χ1v) is 9.53. The van der Waals surface area contributed by atoms with Crippen LogP contribution in [0.5, 0.6) is 5.75 Å².